The quantitative estimate of drug-likeness (QED) is 0.398. The van der Waals surface area contributed by atoms with Crippen LogP contribution in [0.1, 0.15) is 48.1 Å². The van der Waals surface area contributed by atoms with Crippen molar-refractivity contribution in [2.75, 3.05) is 18.5 Å². The van der Waals surface area contributed by atoms with Crippen LogP contribution in [0.4, 0.5) is 5.69 Å². The maximum absolute atomic E-state index is 2.40. The van der Waals surface area contributed by atoms with Gasteiger partial charge in [0.2, 0.25) is 0 Å². The van der Waals surface area contributed by atoms with Crippen molar-refractivity contribution in [2.45, 2.75) is 46.0 Å². The molecule has 1 aliphatic carbocycles. The summed E-state index contributed by atoms with van der Waals surface area (Å²) in [4.78, 5) is 2.38. The molecular weight excluding hydrogens is 362 g/mol. The molecule has 1 nitrogen and oxygen atoms in total. The first kappa shape index (κ1) is 20.5. The lowest BCUT2D eigenvalue weighted by Gasteiger charge is -2.24. The van der Waals surface area contributed by atoms with Gasteiger partial charge in [0.15, 0.2) is 0 Å². The zero-order valence-electron chi connectivity index (χ0n) is 19.0. The lowest BCUT2D eigenvalue weighted by Crippen LogP contribution is -2.20. The van der Waals surface area contributed by atoms with Gasteiger partial charge in [-0.1, -0.05) is 80.1 Å². The van der Waals surface area contributed by atoms with Gasteiger partial charge in [-0.2, -0.15) is 0 Å². The fourth-order valence-corrected chi connectivity index (χ4v) is 4.64. The Balaban J connectivity index is 1.43. The highest BCUT2D eigenvalue weighted by atomic mass is 15.1. The number of aryl methyl sites for hydroxylation is 2. The smallest absolute Gasteiger partial charge is 0.0367 e. The van der Waals surface area contributed by atoms with Crippen molar-refractivity contribution < 1.29 is 0 Å². The Bertz CT molecular complexity index is 1090. The summed E-state index contributed by atoms with van der Waals surface area (Å²) in [6.45, 7) is 10.1. The van der Waals surface area contributed by atoms with Crippen LogP contribution in [0.3, 0.4) is 0 Å². The minimum Gasteiger partial charge on any atom is -0.374 e. The van der Waals surface area contributed by atoms with Crippen LogP contribution in [-0.2, 0) is 11.8 Å². The third-order valence-electron chi connectivity index (χ3n) is 6.65. The molecule has 0 saturated carbocycles. The average molecular weight is 396 g/mol. The lowest BCUT2D eigenvalue weighted by molar-refractivity contribution is 0.659. The number of hydrogen-bond donors (Lipinski definition) is 0. The van der Waals surface area contributed by atoms with Crippen LogP contribution in [0.15, 0.2) is 72.8 Å². The van der Waals surface area contributed by atoms with Crippen molar-refractivity contribution in [3.63, 3.8) is 0 Å². The number of nitrogens with zero attached hydrogens (tertiary/aromatic N) is 1. The van der Waals surface area contributed by atoms with Crippen LogP contribution in [0.25, 0.3) is 11.1 Å². The first-order chi connectivity index (χ1) is 14.4. The van der Waals surface area contributed by atoms with Crippen molar-refractivity contribution in [1.29, 1.82) is 0 Å². The standard InChI is InChI=1S/C29H33N/c1-21-14-16-25-26-17-15-24(20-28(26)29(3,4)27(25)19-21)30(5)18-10-6-7-12-23-13-9-8-11-22(23)2/h6-9,11,13-17,19-20H,10,12,18H2,1-5H3/b7-6-. The largest absolute Gasteiger partial charge is 0.374 e. The van der Waals surface area contributed by atoms with Gasteiger partial charge in [-0.3, -0.25) is 0 Å². The molecule has 0 heterocycles. The molecule has 3 aromatic carbocycles. The Morgan fingerprint density at radius 2 is 1.53 bits per heavy atom. The maximum atomic E-state index is 2.40. The van der Waals surface area contributed by atoms with Crippen LogP contribution in [0.5, 0.6) is 0 Å². The number of rotatable bonds is 6. The average Bonchev–Trinajstić information content (AvgIpc) is 2.95. The molecule has 0 saturated heterocycles. The Morgan fingerprint density at radius 3 is 2.30 bits per heavy atom. The van der Waals surface area contributed by atoms with Gasteiger partial charge in [0, 0.05) is 24.7 Å². The molecule has 0 aromatic heterocycles. The zero-order valence-corrected chi connectivity index (χ0v) is 19.0. The summed E-state index contributed by atoms with van der Waals surface area (Å²) in [6, 6.07) is 22.5. The molecule has 0 N–H and O–H groups in total. The summed E-state index contributed by atoms with van der Waals surface area (Å²) in [5.41, 5.74) is 11.2. The fourth-order valence-electron chi connectivity index (χ4n) is 4.64. The Hall–Kier alpha value is -2.80. The number of benzene rings is 3. The van der Waals surface area contributed by atoms with Crippen LogP contribution in [0.2, 0.25) is 0 Å². The molecule has 0 amide bonds. The van der Waals surface area contributed by atoms with Gasteiger partial charge < -0.3 is 4.90 Å². The molecule has 0 radical (unpaired) electrons. The van der Waals surface area contributed by atoms with E-state index < -0.39 is 0 Å². The van der Waals surface area contributed by atoms with Gasteiger partial charge in [-0.25, -0.2) is 0 Å². The predicted molar refractivity (Wildman–Crippen MR) is 131 cm³/mol. The van der Waals surface area contributed by atoms with Crippen molar-refractivity contribution in [3.05, 3.63) is 101 Å². The van der Waals surface area contributed by atoms with Crippen LogP contribution in [-0.4, -0.2) is 13.6 Å². The van der Waals surface area contributed by atoms with E-state index >= 15 is 0 Å². The van der Waals surface area contributed by atoms with Crippen LogP contribution < -0.4 is 4.90 Å². The second-order valence-electron chi connectivity index (χ2n) is 9.22. The van der Waals surface area contributed by atoms with E-state index in [-0.39, 0.29) is 5.41 Å². The second-order valence-corrected chi connectivity index (χ2v) is 9.22. The zero-order chi connectivity index (χ0) is 21.3. The molecule has 0 unspecified atom stereocenters. The number of anilines is 1. The fraction of sp³-hybridized carbons (Fsp3) is 0.310. The first-order valence-electron chi connectivity index (χ1n) is 11.0. The van der Waals surface area contributed by atoms with Gasteiger partial charge >= 0.3 is 0 Å². The molecule has 4 rings (SSSR count). The van der Waals surface area contributed by atoms with E-state index in [1.54, 1.807) is 0 Å². The van der Waals surface area contributed by atoms with Crippen LogP contribution >= 0.6 is 0 Å². The van der Waals surface area contributed by atoms with Gasteiger partial charge in [0.25, 0.3) is 0 Å². The molecular formula is C29H33N. The summed E-state index contributed by atoms with van der Waals surface area (Å²) in [7, 11) is 2.20. The minimum absolute atomic E-state index is 0.0565. The van der Waals surface area contributed by atoms with Crippen molar-refractivity contribution in [1.82, 2.24) is 0 Å². The van der Waals surface area contributed by atoms with E-state index in [1.807, 2.05) is 0 Å². The Morgan fingerprint density at radius 1 is 0.833 bits per heavy atom. The van der Waals surface area contributed by atoms with Gasteiger partial charge in [-0.05, 0) is 72.2 Å². The minimum atomic E-state index is 0.0565. The third-order valence-corrected chi connectivity index (χ3v) is 6.65. The molecule has 0 aliphatic heterocycles. The Labute approximate surface area is 182 Å². The van der Waals surface area contributed by atoms with E-state index in [1.165, 1.54) is 44.6 Å². The van der Waals surface area contributed by atoms with Crippen molar-refractivity contribution in [2.24, 2.45) is 0 Å². The summed E-state index contributed by atoms with van der Waals surface area (Å²) < 4.78 is 0. The summed E-state index contributed by atoms with van der Waals surface area (Å²) in [5.74, 6) is 0. The molecule has 0 bridgehead atoms. The highest BCUT2D eigenvalue weighted by molar-refractivity contribution is 5.82. The molecule has 0 atom stereocenters. The molecule has 30 heavy (non-hydrogen) atoms. The summed E-state index contributed by atoms with van der Waals surface area (Å²) in [5, 5.41) is 0. The highest BCUT2D eigenvalue weighted by Gasteiger charge is 2.35. The lowest BCUT2D eigenvalue weighted by atomic mass is 9.82. The molecule has 1 heteroatoms. The van der Waals surface area contributed by atoms with E-state index in [0.29, 0.717) is 0 Å². The normalized spacial score (nSPS) is 14.0. The van der Waals surface area contributed by atoms with E-state index in [9.17, 15) is 0 Å². The summed E-state index contributed by atoms with van der Waals surface area (Å²) >= 11 is 0. The molecule has 154 valence electrons. The number of fused-ring (bicyclic) bond motifs is 3. The third kappa shape index (κ3) is 3.81. The predicted octanol–water partition coefficient (Wildman–Crippen LogP) is 7.23. The molecule has 0 fully saturated rings. The SMILES string of the molecule is Cc1ccc2c(c1)C(C)(C)c1cc(N(C)CC/C=C\Cc3ccccc3C)ccc1-2. The monoisotopic (exact) mass is 395 g/mol. The van der Waals surface area contributed by atoms with Gasteiger partial charge in [0.05, 0.1) is 0 Å². The Kier molecular flexibility index (Phi) is 5.56. The molecule has 0 spiro atoms. The molecule has 3 aromatic rings. The van der Waals surface area contributed by atoms with E-state index in [4.69, 9.17) is 0 Å². The highest BCUT2D eigenvalue weighted by Crippen LogP contribution is 2.49. The van der Waals surface area contributed by atoms with Gasteiger partial charge in [-0.15, -0.1) is 0 Å². The first-order valence-corrected chi connectivity index (χ1v) is 11.0. The topological polar surface area (TPSA) is 3.24 Å². The van der Waals surface area contributed by atoms with E-state index in [2.05, 4.69) is 112 Å². The number of allylic oxidation sites excluding steroid dienone is 1. The molecule has 1 aliphatic rings. The van der Waals surface area contributed by atoms with Crippen molar-refractivity contribution in [3.8, 4) is 11.1 Å². The number of hydrogen-bond acceptors (Lipinski definition) is 1. The maximum Gasteiger partial charge on any atom is 0.0367 e. The van der Waals surface area contributed by atoms with E-state index in [0.717, 1.165) is 19.4 Å². The second kappa shape index (κ2) is 8.14. The van der Waals surface area contributed by atoms with Crippen molar-refractivity contribution >= 4 is 5.69 Å². The summed E-state index contributed by atoms with van der Waals surface area (Å²) in [6.07, 6.45) is 6.70. The van der Waals surface area contributed by atoms with Crippen LogP contribution in [0, 0.1) is 13.8 Å². The van der Waals surface area contributed by atoms with Gasteiger partial charge in [0.1, 0.15) is 0 Å².